The number of amides is 2. The Morgan fingerprint density at radius 3 is 2.74 bits per heavy atom. The maximum atomic E-state index is 13.0. The first kappa shape index (κ1) is 18.0. The molecule has 4 nitrogen and oxygen atoms in total. The van der Waals surface area contributed by atoms with Crippen molar-refractivity contribution < 1.29 is 18.0 Å². The number of thiazole rings is 1. The highest BCUT2D eigenvalue weighted by atomic mass is 32.1. The molecule has 0 aromatic carbocycles. The van der Waals surface area contributed by atoms with Gasteiger partial charge < -0.3 is 10.2 Å². The number of carbonyl (C=O) groups excluding carboxylic acids is 1. The van der Waals surface area contributed by atoms with Crippen molar-refractivity contribution in [2.75, 3.05) is 19.6 Å². The Kier molecular flexibility index (Phi) is 5.23. The third-order valence-electron chi connectivity index (χ3n) is 4.20. The predicted octanol–water partition coefficient (Wildman–Crippen LogP) is 3.61. The first-order valence-corrected chi connectivity index (χ1v) is 8.42. The van der Waals surface area contributed by atoms with Crippen LogP contribution in [-0.2, 0) is 6.42 Å². The molecule has 0 radical (unpaired) electrons. The van der Waals surface area contributed by atoms with E-state index in [-0.39, 0.29) is 25.5 Å². The van der Waals surface area contributed by atoms with Crippen LogP contribution in [0.3, 0.4) is 0 Å². The molecule has 0 saturated carbocycles. The van der Waals surface area contributed by atoms with E-state index in [1.165, 1.54) is 4.90 Å². The summed E-state index contributed by atoms with van der Waals surface area (Å²) in [6.45, 7) is 5.79. The first-order valence-electron chi connectivity index (χ1n) is 7.60. The molecular weight excluding hydrogens is 327 g/mol. The van der Waals surface area contributed by atoms with Gasteiger partial charge in [0.15, 0.2) is 0 Å². The number of likely N-dealkylation sites (tertiary alicyclic amines) is 1. The van der Waals surface area contributed by atoms with Gasteiger partial charge in [0.25, 0.3) is 0 Å². The van der Waals surface area contributed by atoms with Crippen LogP contribution in [0.1, 0.15) is 30.2 Å². The zero-order valence-corrected chi connectivity index (χ0v) is 14.4. The lowest BCUT2D eigenvalue weighted by Crippen LogP contribution is -2.54. The molecule has 1 aromatic heterocycles. The topological polar surface area (TPSA) is 45.2 Å². The average Bonchev–Trinajstić information content (AvgIpc) is 2.81. The largest absolute Gasteiger partial charge is 0.392 e. The van der Waals surface area contributed by atoms with Crippen LogP contribution in [0.2, 0.25) is 0 Å². The highest BCUT2D eigenvalue weighted by Crippen LogP contribution is 2.44. The summed E-state index contributed by atoms with van der Waals surface area (Å²) in [5, 5.41) is 3.72. The molecule has 0 aliphatic carbocycles. The van der Waals surface area contributed by atoms with Gasteiger partial charge in [-0.1, -0.05) is 13.8 Å². The molecule has 1 aliphatic heterocycles. The van der Waals surface area contributed by atoms with E-state index in [1.54, 1.807) is 31.4 Å². The highest BCUT2D eigenvalue weighted by Gasteiger charge is 2.51. The van der Waals surface area contributed by atoms with Gasteiger partial charge in [-0.15, -0.1) is 11.3 Å². The minimum absolute atomic E-state index is 0.0460. The minimum atomic E-state index is -4.21. The molecule has 1 saturated heterocycles. The van der Waals surface area contributed by atoms with Crippen molar-refractivity contribution >= 4 is 17.4 Å². The van der Waals surface area contributed by atoms with Crippen molar-refractivity contribution in [2.24, 2.45) is 11.3 Å². The normalized spacial score (nSPS) is 21.3. The van der Waals surface area contributed by atoms with Gasteiger partial charge in [-0.3, -0.25) is 0 Å². The monoisotopic (exact) mass is 349 g/mol. The molecule has 23 heavy (non-hydrogen) atoms. The Bertz CT molecular complexity index is 556. The molecule has 1 aromatic rings. The number of nitrogens with one attached hydrogen (secondary N) is 1. The first-order chi connectivity index (χ1) is 10.6. The molecule has 1 aliphatic rings. The number of alkyl halides is 3. The van der Waals surface area contributed by atoms with Crippen molar-refractivity contribution in [1.29, 1.82) is 0 Å². The van der Waals surface area contributed by atoms with E-state index in [0.717, 1.165) is 9.88 Å². The Morgan fingerprint density at radius 1 is 1.52 bits per heavy atom. The van der Waals surface area contributed by atoms with E-state index in [1.807, 2.05) is 6.92 Å². The minimum Gasteiger partial charge on any atom is -0.338 e. The molecule has 0 spiro atoms. The molecule has 130 valence electrons. The number of halogens is 3. The standard InChI is InChI=1S/C15H22F3N3OS/c1-10-8-20-12(23-10)4-6-19-13(22)21-7-5-11(15(16,17)18)14(2,3)9-21/h8,11H,4-7,9H2,1-3H3,(H,19,22)/t11-/m0/s1. The highest BCUT2D eigenvalue weighted by molar-refractivity contribution is 7.11. The fourth-order valence-electron chi connectivity index (χ4n) is 3.04. The van der Waals surface area contributed by atoms with Crippen LogP contribution in [0.5, 0.6) is 0 Å². The zero-order chi connectivity index (χ0) is 17.3. The van der Waals surface area contributed by atoms with E-state index in [2.05, 4.69) is 10.3 Å². The van der Waals surface area contributed by atoms with Crippen molar-refractivity contribution in [1.82, 2.24) is 15.2 Å². The molecule has 2 rings (SSSR count). The zero-order valence-electron chi connectivity index (χ0n) is 13.5. The van der Waals surface area contributed by atoms with Gasteiger partial charge in [-0.05, 0) is 18.8 Å². The SMILES string of the molecule is Cc1cnc(CCNC(=O)N2CC[C@H](C(F)(F)F)C(C)(C)C2)s1. The number of urea groups is 1. The van der Waals surface area contributed by atoms with Crippen LogP contribution in [0, 0.1) is 18.3 Å². The second-order valence-electron chi connectivity index (χ2n) is 6.64. The quantitative estimate of drug-likeness (QED) is 0.906. The predicted molar refractivity (Wildman–Crippen MR) is 83.5 cm³/mol. The average molecular weight is 349 g/mol. The van der Waals surface area contributed by atoms with Crippen molar-refractivity contribution in [3.8, 4) is 0 Å². The Balaban J connectivity index is 1.84. The second-order valence-corrected chi connectivity index (χ2v) is 7.96. The van der Waals surface area contributed by atoms with Gasteiger partial charge in [-0.25, -0.2) is 9.78 Å². The summed E-state index contributed by atoms with van der Waals surface area (Å²) in [5.41, 5.74) is -0.972. The fourth-order valence-corrected chi connectivity index (χ4v) is 3.83. The van der Waals surface area contributed by atoms with E-state index in [9.17, 15) is 18.0 Å². The van der Waals surface area contributed by atoms with Crippen molar-refractivity contribution in [3.63, 3.8) is 0 Å². The summed E-state index contributed by atoms with van der Waals surface area (Å²) in [4.78, 5) is 19.0. The summed E-state index contributed by atoms with van der Waals surface area (Å²) in [5.74, 6) is -1.36. The van der Waals surface area contributed by atoms with Gasteiger partial charge in [0.05, 0.1) is 10.9 Å². The number of aromatic nitrogens is 1. The Labute approximate surface area is 138 Å². The molecule has 0 bridgehead atoms. The number of nitrogens with zero attached hydrogens (tertiary/aromatic N) is 2. The number of carbonyl (C=O) groups is 1. The Hall–Kier alpha value is -1.31. The number of hydrogen-bond donors (Lipinski definition) is 1. The molecule has 8 heteroatoms. The van der Waals surface area contributed by atoms with Crippen molar-refractivity contribution in [2.45, 2.75) is 39.8 Å². The number of piperidine rings is 1. The number of rotatable bonds is 3. The van der Waals surface area contributed by atoms with E-state index < -0.39 is 17.5 Å². The summed E-state index contributed by atoms with van der Waals surface area (Å²) in [6.07, 6.45) is -1.84. The third-order valence-corrected chi connectivity index (χ3v) is 5.17. The summed E-state index contributed by atoms with van der Waals surface area (Å²) in [6, 6.07) is -0.299. The van der Waals surface area contributed by atoms with Gasteiger partial charge in [-0.2, -0.15) is 13.2 Å². The van der Waals surface area contributed by atoms with E-state index in [4.69, 9.17) is 0 Å². The molecule has 0 unspecified atom stereocenters. The van der Waals surface area contributed by atoms with Crippen LogP contribution in [0.15, 0.2) is 6.20 Å². The summed E-state index contributed by atoms with van der Waals surface area (Å²) >= 11 is 1.58. The van der Waals surface area contributed by atoms with Crippen LogP contribution in [-0.4, -0.2) is 41.7 Å². The lowest BCUT2D eigenvalue weighted by Gasteiger charge is -2.44. The lowest BCUT2D eigenvalue weighted by atomic mass is 9.73. The number of hydrogen-bond acceptors (Lipinski definition) is 3. The maximum absolute atomic E-state index is 13.0. The lowest BCUT2D eigenvalue weighted by molar-refractivity contribution is -0.214. The van der Waals surface area contributed by atoms with Crippen LogP contribution in [0.4, 0.5) is 18.0 Å². The van der Waals surface area contributed by atoms with Gasteiger partial charge in [0, 0.05) is 37.1 Å². The Morgan fingerprint density at radius 2 is 2.22 bits per heavy atom. The van der Waals surface area contributed by atoms with Crippen molar-refractivity contribution in [3.05, 3.63) is 16.1 Å². The van der Waals surface area contributed by atoms with Gasteiger partial charge >= 0.3 is 12.2 Å². The van der Waals surface area contributed by atoms with Crippen LogP contribution >= 0.6 is 11.3 Å². The molecule has 1 atom stereocenters. The smallest absolute Gasteiger partial charge is 0.338 e. The number of aryl methyl sites for hydroxylation is 1. The second kappa shape index (κ2) is 6.67. The van der Waals surface area contributed by atoms with Crippen LogP contribution in [0.25, 0.3) is 0 Å². The van der Waals surface area contributed by atoms with Gasteiger partial charge in [0.2, 0.25) is 0 Å². The maximum Gasteiger partial charge on any atom is 0.392 e. The summed E-state index contributed by atoms with van der Waals surface area (Å²) < 4.78 is 39.1. The van der Waals surface area contributed by atoms with Gasteiger partial charge in [0.1, 0.15) is 0 Å². The molecule has 2 amide bonds. The van der Waals surface area contributed by atoms with E-state index in [0.29, 0.717) is 13.0 Å². The summed E-state index contributed by atoms with van der Waals surface area (Å²) in [7, 11) is 0. The molecule has 1 N–H and O–H groups in total. The molecule has 1 fully saturated rings. The van der Waals surface area contributed by atoms with Crippen LogP contribution < -0.4 is 5.32 Å². The fraction of sp³-hybridized carbons (Fsp3) is 0.733. The third kappa shape index (κ3) is 4.59. The molecule has 2 heterocycles. The molecular formula is C15H22F3N3OS. The van der Waals surface area contributed by atoms with E-state index >= 15 is 0 Å².